The number of fused-ring (bicyclic) bond motifs is 1. The molecule has 14 nitrogen and oxygen atoms in total. The first-order valence-corrected chi connectivity index (χ1v) is 14.2. The third-order valence-electron chi connectivity index (χ3n) is 6.82. The van der Waals surface area contributed by atoms with Gasteiger partial charge in [0.1, 0.15) is 31.1 Å². The number of amides is 2. The van der Waals surface area contributed by atoms with E-state index in [1.165, 1.54) is 18.7 Å². The largest absolute Gasteiger partial charge is 0.492 e. The van der Waals surface area contributed by atoms with Gasteiger partial charge in [-0.05, 0) is 25.1 Å². The van der Waals surface area contributed by atoms with Crippen LogP contribution in [0.25, 0.3) is 0 Å². The average molecular weight is 626 g/mol. The number of benzene rings is 2. The highest BCUT2D eigenvalue weighted by Crippen LogP contribution is 2.31. The highest BCUT2D eigenvalue weighted by Gasteiger charge is 2.52. The van der Waals surface area contributed by atoms with Crippen LogP contribution in [-0.4, -0.2) is 85.8 Å². The molecule has 14 heteroatoms. The van der Waals surface area contributed by atoms with Gasteiger partial charge in [-0.3, -0.25) is 24.0 Å². The van der Waals surface area contributed by atoms with E-state index in [-0.39, 0.29) is 18.9 Å². The van der Waals surface area contributed by atoms with E-state index in [1.807, 2.05) is 31.2 Å². The molecule has 0 aliphatic carbocycles. The van der Waals surface area contributed by atoms with Crippen LogP contribution in [0, 0.1) is 6.92 Å². The number of carbonyl (C=O) groups is 5. The van der Waals surface area contributed by atoms with E-state index < -0.39 is 67.0 Å². The number of anilines is 1. The van der Waals surface area contributed by atoms with Gasteiger partial charge in [-0.2, -0.15) is 0 Å². The van der Waals surface area contributed by atoms with Crippen LogP contribution in [-0.2, 0) is 47.8 Å². The predicted molar refractivity (Wildman–Crippen MR) is 157 cm³/mol. The Labute approximate surface area is 259 Å². The summed E-state index contributed by atoms with van der Waals surface area (Å²) >= 11 is 0. The second-order valence-electron chi connectivity index (χ2n) is 10.4. The van der Waals surface area contributed by atoms with Crippen molar-refractivity contribution in [3.63, 3.8) is 0 Å². The predicted octanol–water partition coefficient (Wildman–Crippen LogP) is 1.80. The zero-order chi connectivity index (χ0) is 32.7. The molecule has 0 unspecified atom stereocenters. The SMILES string of the molecule is CC(=O)N[C@@H]1[C@H](O/N=C2\C(=O)N(CCOc3ccc(C)cc3)c3ccccc32)O[C@H](COC(C)=O)[C@H](OC(C)=O)[C@H]1OC(C)=O. The number of aryl methyl sites for hydroxylation is 1. The van der Waals surface area contributed by atoms with Crippen molar-refractivity contribution in [3.05, 3.63) is 59.7 Å². The maximum atomic E-state index is 13.6. The quantitative estimate of drug-likeness (QED) is 0.220. The van der Waals surface area contributed by atoms with E-state index >= 15 is 0 Å². The van der Waals surface area contributed by atoms with Gasteiger partial charge in [0, 0.05) is 33.3 Å². The fraction of sp³-hybridized carbons (Fsp3) is 0.419. The molecule has 1 saturated heterocycles. The molecule has 2 aliphatic heterocycles. The minimum absolute atomic E-state index is 0.0474. The zero-order valence-electron chi connectivity index (χ0n) is 25.5. The Morgan fingerprint density at radius 3 is 2.22 bits per heavy atom. The van der Waals surface area contributed by atoms with Gasteiger partial charge in [-0.25, -0.2) is 0 Å². The number of esters is 3. The van der Waals surface area contributed by atoms with E-state index in [0.717, 1.165) is 19.4 Å². The van der Waals surface area contributed by atoms with E-state index in [2.05, 4.69) is 10.5 Å². The number of ether oxygens (including phenoxy) is 5. The van der Waals surface area contributed by atoms with Crippen molar-refractivity contribution in [1.29, 1.82) is 0 Å². The maximum Gasteiger partial charge on any atom is 0.303 e. The van der Waals surface area contributed by atoms with Gasteiger partial charge in [0.25, 0.3) is 12.2 Å². The molecule has 2 amide bonds. The first-order valence-electron chi connectivity index (χ1n) is 14.2. The molecule has 45 heavy (non-hydrogen) atoms. The summed E-state index contributed by atoms with van der Waals surface area (Å²) in [5.41, 5.74) is 2.11. The van der Waals surface area contributed by atoms with E-state index in [4.69, 9.17) is 28.5 Å². The van der Waals surface area contributed by atoms with Crippen LogP contribution < -0.4 is 15.0 Å². The minimum Gasteiger partial charge on any atom is -0.492 e. The molecule has 2 aliphatic rings. The molecule has 0 radical (unpaired) electrons. The number of hydrogen-bond donors (Lipinski definition) is 1. The summed E-state index contributed by atoms with van der Waals surface area (Å²) in [5.74, 6) is -2.51. The highest BCUT2D eigenvalue weighted by atomic mass is 16.8. The standard InChI is InChI=1S/C31H35N3O11/c1-17-10-12-22(13-11-17)40-15-14-34-24-9-7-6-8-23(24)26(30(34)39)33-45-31-27(32-18(2)35)29(43-21(5)38)28(42-20(4)37)25(44-31)16-41-19(3)36/h6-13,25,27-29,31H,14-16H2,1-5H3,(H,32,35)/b33-26-/t25-,27+,28+,29+,31+/m1/s1. The molecule has 2 aromatic rings. The summed E-state index contributed by atoms with van der Waals surface area (Å²) in [6.45, 7) is 6.63. The molecule has 2 heterocycles. The van der Waals surface area contributed by atoms with Gasteiger partial charge in [0.2, 0.25) is 5.91 Å². The van der Waals surface area contributed by atoms with Gasteiger partial charge in [-0.1, -0.05) is 41.1 Å². The number of para-hydroxylation sites is 1. The lowest BCUT2D eigenvalue weighted by Gasteiger charge is -2.43. The number of rotatable bonds is 11. The molecule has 0 bridgehead atoms. The molecule has 1 N–H and O–H groups in total. The molecule has 2 aromatic carbocycles. The number of hydrogen-bond acceptors (Lipinski definition) is 12. The molecular weight excluding hydrogens is 590 g/mol. The Bertz CT molecular complexity index is 1460. The van der Waals surface area contributed by atoms with Crippen molar-refractivity contribution in [2.45, 2.75) is 65.3 Å². The summed E-state index contributed by atoms with van der Waals surface area (Å²) in [6, 6.07) is 13.3. The second kappa shape index (κ2) is 14.7. The van der Waals surface area contributed by atoms with Gasteiger partial charge >= 0.3 is 17.9 Å². The van der Waals surface area contributed by atoms with Gasteiger partial charge in [-0.15, -0.1) is 0 Å². The van der Waals surface area contributed by atoms with Crippen molar-refractivity contribution in [1.82, 2.24) is 5.32 Å². The molecule has 0 spiro atoms. The van der Waals surface area contributed by atoms with Gasteiger partial charge in [0.15, 0.2) is 17.9 Å². The van der Waals surface area contributed by atoms with Crippen LogP contribution in [0.4, 0.5) is 5.69 Å². The summed E-state index contributed by atoms with van der Waals surface area (Å²) in [4.78, 5) is 68.7. The normalized spacial score (nSPS) is 23.1. The van der Waals surface area contributed by atoms with Crippen molar-refractivity contribution >= 4 is 41.1 Å². The average Bonchev–Trinajstić information content (AvgIpc) is 3.24. The summed E-state index contributed by atoms with van der Waals surface area (Å²) in [5, 5.41) is 6.73. The number of oxime groups is 1. The lowest BCUT2D eigenvalue weighted by atomic mass is 9.96. The Kier molecular flexibility index (Phi) is 10.7. The van der Waals surface area contributed by atoms with Crippen LogP contribution in [0.5, 0.6) is 5.75 Å². The van der Waals surface area contributed by atoms with Crippen molar-refractivity contribution in [3.8, 4) is 5.75 Å². The van der Waals surface area contributed by atoms with E-state index in [0.29, 0.717) is 17.0 Å². The van der Waals surface area contributed by atoms with Crippen LogP contribution in [0.3, 0.4) is 0 Å². The third-order valence-corrected chi connectivity index (χ3v) is 6.82. The fourth-order valence-electron chi connectivity index (χ4n) is 4.95. The molecule has 1 fully saturated rings. The maximum absolute atomic E-state index is 13.6. The molecule has 4 rings (SSSR count). The summed E-state index contributed by atoms with van der Waals surface area (Å²) in [7, 11) is 0. The van der Waals surface area contributed by atoms with Crippen molar-refractivity contribution in [2.24, 2.45) is 5.16 Å². The molecule has 0 saturated carbocycles. The van der Waals surface area contributed by atoms with Gasteiger partial charge in [0.05, 0.1) is 12.2 Å². The Morgan fingerprint density at radius 1 is 0.911 bits per heavy atom. The lowest BCUT2D eigenvalue weighted by Crippen LogP contribution is -2.66. The minimum atomic E-state index is -1.48. The summed E-state index contributed by atoms with van der Waals surface area (Å²) in [6.07, 6.45) is -5.30. The molecule has 0 aromatic heterocycles. The number of carbonyl (C=O) groups excluding carboxylic acids is 5. The zero-order valence-corrected chi connectivity index (χ0v) is 25.5. The first-order chi connectivity index (χ1) is 21.4. The van der Waals surface area contributed by atoms with Crippen LogP contribution in [0.2, 0.25) is 0 Å². The number of nitrogens with zero attached hydrogens (tertiary/aromatic N) is 2. The van der Waals surface area contributed by atoms with E-state index in [9.17, 15) is 24.0 Å². The number of nitrogens with one attached hydrogen (secondary N) is 1. The first kappa shape index (κ1) is 32.9. The highest BCUT2D eigenvalue weighted by molar-refractivity contribution is 6.54. The monoisotopic (exact) mass is 625 g/mol. The smallest absolute Gasteiger partial charge is 0.303 e. The molecular formula is C31H35N3O11. The summed E-state index contributed by atoms with van der Waals surface area (Å²) < 4.78 is 27.8. The molecule has 5 atom stereocenters. The Hall–Kier alpha value is -4.98. The Balaban J connectivity index is 1.61. The van der Waals surface area contributed by atoms with Crippen LogP contribution in [0.15, 0.2) is 53.7 Å². The molecule has 240 valence electrons. The van der Waals surface area contributed by atoms with Gasteiger partial charge < -0.3 is 38.7 Å². The van der Waals surface area contributed by atoms with E-state index in [1.54, 1.807) is 24.3 Å². The van der Waals surface area contributed by atoms with Crippen molar-refractivity contribution < 1.29 is 52.5 Å². The lowest BCUT2D eigenvalue weighted by molar-refractivity contribution is -0.278. The topological polar surface area (TPSA) is 168 Å². The third kappa shape index (κ3) is 8.35. The second-order valence-corrected chi connectivity index (χ2v) is 10.4. The Morgan fingerprint density at radius 2 is 1.58 bits per heavy atom. The van der Waals surface area contributed by atoms with Crippen molar-refractivity contribution in [2.75, 3.05) is 24.7 Å². The van der Waals surface area contributed by atoms with Crippen LogP contribution >= 0.6 is 0 Å². The van der Waals surface area contributed by atoms with Crippen LogP contribution in [0.1, 0.15) is 38.8 Å². The fourth-order valence-corrected chi connectivity index (χ4v) is 4.95.